The third kappa shape index (κ3) is 5.79. The summed E-state index contributed by atoms with van der Waals surface area (Å²) in [5.74, 6) is -4.53. The molecule has 2 aromatic rings. The summed E-state index contributed by atoms with van der Waals surface area (Å²) in [5.41, 5.74) is 1.23. The SMILES string of the molecule is CC(=O)N[C@H]1[C@H]([C@H](O)[C@H](O)CO)OC(O)(C(=O)OC(c2ccccc2)c2ccccc2)C[C@@H]1O. The number of amides is 1. The predicted octanol–water partition coefficient (Wildman–Crippen LogP) is -0.624. The van der Waals surface area contributed by atoms with Crippen molar-refractivity contribution in [3.63, 3.8) is 0 Å². The number of hydrogen-bond acceptors (Lipinski definition) is 9. The van der Waals surface area contributed by atoms with Gasteiger partial charge in [-0.15, -0.1) is 0 Å². The number of nitrogens with one attached hydrogen (secondary N) is 1. The first-order valence-corrected chi connectivity index (χ1v) is 10.8. The molecule has 3 rings (SSSR count). The van der Waals surface area contributed by atoms with Crippen LogP contribution in [0.5, 0.6) is 0 Å². The van der Waals surface area contributed by atoms with Gasteiger partial charge in [-0.25, -0.2) is 4.79 Å². The lowest BCUT2D eigenvalue weighted by molar-refractivity contribution is -0.298. The minimum Gasteiger partial charge on any atom is -0.449 e. The molecule has 1 heterocycles. The van der Waals surface area contributed by atoms with E-state index < -0.39 is 67.3 Å². The highest BCUT2D eigenvalue weighted by Gasteiger charge is 2.55. The summed E-state index contributed by atoms with van der Waals surface area (Å²) in [5, 5.41) is 53.6. The van der Waals surface area contributed by atoms with E-state index in [9.17, 15) is 35.1 Å². The molecule has 0 aromatic heterocycles. The number of carbonyl (C=O) groups excluding carboxylic acids is 2. The van der Waals surface area contributed by atoms with Crippen LogP contribution in [0.4, 0.5) is 0 Å². The van der Waals surface area contributed by atoms with E-state index >= 15 is 0 Å². The minimum atomic E-state index is -2.71. The quantitative estimate of drug-likeness (QED) is 0.273. The second kappa shape index (κ2) is 11.0. The van der Waals surface area contributed by atoms with Crippen LogP contribution < -0.4 is 5.32 Å². The molecular weight excluding hydrogens is 446 g/mol. The summed E-state index contributed by atoms with van der Waals surface area (Å²) in [6.45, 7) is 0.300. The Morgan fingerprint density at radius 1 is 1.09 bits per heavy atom. The second-order valence-corrected chi connectivity index (χ2v) is 8.21. The van der Waals surface area contributed by atoms with Crippen molar-refractivity contribution >= 4 is 11.9 Å². The molecule has 0 saturated carbocycles. The van der Waals surface area contributed by atoms with E-state index in [-0.39, 0.29) is 0 Å². The number of aliphatic hydroxyl groups excluding tert-OH is 4. The highest BCUT2D eigenvalue weighted by Crippen LogP contribution is 2.34. The van der Waals surface area contributed by atoms with Crippen LogP contribution in [0.1, 0.15) is 30.6 Å². The normalized spacial score (nSPS) is 26.5. The first-order chi connectivity index (χ1) is 16.2. The van der Waals surface area contributed by atoms with Crippen LogP contribution in [-0.4, -0.2) is 80.3 Å². The van der Waals surface area contributed by atoms with Gasteiger partial charge in [-0.1, -0.05) is 60.7 Å². The topological polar surface area (TPSA) is 166 Å². The van der Waals surface area contributed by atoms with Crippen molar-refractivity contribution in [2.24, 2.45) is 0 Å². The molecule has 1 amide bonds. The fourth-order valence-electron chi connectivity index (χ4n) is 3.91. The van der Waals surface area contributed by atoms with Crippen LogP contribution in [0.2, 0.25) is 0 Å². The minimum absolute atomic E-state index is 0.579. The van der Waals surface area contributed by atoms with E-state index in [1.807, 2.05) is 0 Å². The fourth-order valence-corrected chi connectivity index (χ4v) is 3.91. The second-order valence-electron chi connectivity index (χ2n) is 8.21. The fraction of sp³-hybridized carbons (Fsp3) is 0.417. The van der Waals surface area contributed by atoms with Crippen molar-refractivity contribution in [3.8, 4) is 0 Å². The smallest absolute Gasteiger partial charge is 0.367 e. The first-order valence-electron chi connectivity index (χ1n) is 10.8. The van der Waals surface area contributed by atoms with Gasteiger partial charge in [-0.2, -0.15) is 0 Å². The first kappa shape index (κ1) is 25.8. The van der Waals surface area contributed by atoms with Gasteiger partial charge in [-0.3, -0.25) is 4.79 Å². The number of rotatable bonds is 8. The Morgan fingerprint density at radius 3 is 2.09 bits per heavy atom. The summed E-state index contributed by atoms with van der Waals surface area (Å²) in [4.78, 5) is 24.8. The molecular formula is C24H29NO9. The average molecular weight is 475 g/mol. The molecule has 10 heteroatoms. The van der Waals surface area contributed by atoms with E-state index in [1.54, 1.807) is 60.7 Å². The summed E-state index contributed by atoms with van der Waals surface area (Å²) < 4.78 is 11.1. The van der Waals surface area contributed by atoms with Crippen LogP contribution >= 0.6 is 0 Å². The lowest BCUT2D eigenvalue weighted by Crippen LogP contribution is -2.67. The van der Waals surface area contributed by atoms with Gasteiger partial charge in [0.2, 0.25) is 5.91 Å². The Bertz CT molecular complexity index is 918. The Kier molecular flexibility index (Phi) is 8.37. The molecule has 184 valence electrons. The van der Waals surface area contributed by atoms with Crippen LogP contribution in [0, 0.1) is 0 Å². The Labute approximate surface area is 196 Å². The summed E-state index contributed by atoms with van der Waals surface area (Å²) in [6, 6.07) is 16.3. The largest absolute Gasteiger partial charge is 0.449 e. The van der Waals surface area contributed by atoms with Gasteiger partial charge in [0.1, 0.15) is 18.3 Å². The highest BCUT2D eigenvalue weighted by atomic mass is 16.7. The van der Waals surface area contributed by atoms with Gasteiger partial charge in [0, 0.05) is 13.3 Å². The van der Waals surface area contributed by atoms with Gasteiger partial charge in [0.15, 0.2) is 6.10 Å². The molecule has 0 radical (unpaired) electrons. The molecule has 10 nitrogen and oxygen atoms in total. The monoisotopic (exact) mass is 475 g/mol. The van der Waals surface area contributed by atoms with Gasteiger partial charge < -0.3 is 40.3 Å². The van der Waals surface area contributed by atoms with Crippen LogP contribution in [0.3, 0.4) is 0 Å². The summed E-state index contributed by atoms with van der Waals surface area (Å²) in [6.07, 6.45) is -8.36. The Balaban J connectivity index is 1.90. The van der Waals surface area contributed by atoms with E-state index in [0.29, 0.717) is 11.1 Å². The van der Waals surface area contributed by atoms with Gasteiger partial charge in [-0.05, 0) is 11.1 Å². The van der Waals surface area contributed by atoms with E-state index in [0.717, 1.165) is 6.92 Å². The molecule has 1 aliphatic heterocycles. The zero-order valence-electron chi connectivity index (χ0n) is 18.5. The van der Waals surface area contributed by atoms with E-state index in [1.165, 1.54) is 0 Å². The van der Waals surface area contributed by atoms with Crippen molar-refractivity contribution in [2.45, 2.75) is 55.7 Å². The third-order valence-electron chi connectivity index (χ3n) is 5.62. The molecule has 0 bridgehead atoms. The number of carbonyl (C=O) groups is 2. The van der Waals surface area contributed by atoms with E-state index in [2.05, 4.69) is 5.32 Å². The number of esters is 1. The molecule has 0 spiro atoms. The third-order valence-corrected chi connectivity index (χ3v) is 5.62. The van der Waals surface area contributed by atoms with Gasteiger partial charge in [0.25, 0.3) is 5.79 Å². The molecule has 6 N–H and O–H groups in total. The average Bonchev–Trinajstić information content (AvgIpc) is 2.83. The zero-order valence-corrected chi connectivity index (χ0v) is 18.5. The van der Waals surface area contributed by atoms with Crippen molar-refractivity contribution in [1.82, 2.24) is 5.32 Å². The molecule has 6 atom stereocenters. The maximum absolute atomic E-state index is 13.2. The highest BCUT2D eigenvalue weighted by molar-refractivity contribution is 5.78. The summed E-state index contributed by atoms with van der Waals surface area (Å²) >= 11 is 0. The maximum atomic E-state index is 13.2. The van der Waals surface area contributed by atoms with Crippen molar-refractivity contribution in [1.29, 1.82) is 0 Å². The van der Waals surface area contributed by atoms with Crippen molar-refractivity contribution in [2.75, 3.05) is 6.61 Å². The maximum Gasteiger partial charge on any atom is 0.367 e. The lowest BCUT2D eigenvalue weighted by Gasteiger charge is -2.45. The molecule has 1 aliphatic rings. The Morgan fingerprint density at radius 2 is 1.62 bits per heavy atom. The van der Waals surface area contributed by atoms with Crippen molar-refractivity contribution in [3.05, 3.63) is 71.8 Å². The van der Waals surface area contributed by atoms with Crippen LogP contribution in [0.15, 0.2) is 60.7 Å². The molecule has 34 heavy (non-hydrogen) atoms. The van der Waals surface area contributed by atoms with Crippen LogP contribution in [-0.2, 0) is 19.1 Å². The standard InChI is InChI=1S/C24H29NO9/c1-14(27)25-19-17(28)12-24(32,34-22(19)20(30)18(29)13-26)23(31)33-21(15-8-4-2-5-9-15)16-10-6-3-7-11-16/h2-11,17-22,26,28-30,32H,12-13H2,1H3,(H,25,27)/t17-,18+,19+,20+,22+,24?/m0/s1. The van der Waals surface area contributed by atoms with Crippen LogP contribution in [0.25, 0.3) is 0 Å². The molecule has 1 fully saturated rings. The number of aliphatic hydroxyl groups is 5. The number of hydrogen-bond donors (Lipinski definition) is 6. The van der Waals surface area contributed by atoms with Crippen molar-refractivity contribution < 1.29 is 44.6 Å². The van der Waals surface area contributed by atoms with Gasteiger partial charge >= 0.3 is 5.97 Å². The summed E-state index contributed by atoms with van der Waals surface area (Å²) in [7, 11) is 0. The van der Waals surface area contributed by atoms with Gasteiger partial charge in [0.05, 0.1) is 18.8 Å². The number of ether oxygens (including phenoxy) is 2. The molecule has 0 aliphatic carbocycles. The number of benzene rings is 2. The molecule has 2 aromatic carbocycles. The molecule has 1 unspecified atom stereocenters. The predicted molar refractivity (Wildman–Crippen MR) is 118 cm³/mol. The lowest BCUT2D eigenvalue weighted by atomic mass is 9.88. The molecule has 1 saturated heterocycles. The Hall–Kier alpha value is -2.86. The zero-order chi connectivity index (χ0) is 24.9. The van der Waals surface area contributed by atoms with E-state index in [4.69, 9.17) is 9.47 Å².